The lowest BCUT2D eigenvalue weighted by atomic mass is 10.2. The standard InChI is InChI=1S/C28H33N3O6S/c1-5-35-25-11-9-8-10-24(25)31(38(33,34)23-15-12-21(4)13-16-23)20-28(32)30-29-19-22-14-17-26(36-6-2)27(18-22)37-7-3/h8-19H,5-7,20H2,1-4H3,(H,30,32)/b29-19-. The summed E-state index contributed by atoms with van der Waals surface area (Å²) in [4.78, 5) is 13.0. The Morgan fingerprint density at radius 1 is 0.868 bits per heavy atom. The maximum Gasteiger partial charge on any atom is 0.264 e. The smallest absolute Gasteiger partial charge is 0.264 e. The van der Waals surface area contributed by atoms with Crippen LogP contribution in [0.3, 0.4) is 0 Å². The molecule has 0 saturated heterocycles. The van der Waals surface area contributed by atoms with Crippen LogP contribution in [0.15, 0.2) is 76.7 Å². The van der Waals surface area contributed by atoms with Gasteiger partial charge in [-0.25, -0.2) is 13.8 Å². The van der Waals surface area contributed by atoms with E-state index in [0.717, 1.165) is 9.87 Å². The topological polar surface area (TPSA) is 107 Å². The van der Waals surface area contributed by atoms with Crippen molar-refractivity contribution in [3.63, 3.8) is 0 Å². The van der Waals surface area contributed by atoms with E-state index < -0.39 is 22.5 Å². The molecule has 0 spiro atoms. The van der Waals surface area contributed by atoms with Crippen LogP contribution in [0.2, 0.25) is 0 Å². The first-order valence-corrected chi connectivity index (χ1v) is 13.8. The molecule has 0 bridgehead atoms. The Kier molecular flexibility index (Phi) is 10.1. The molecule has 0 unspecified atom stereocenters. The average molecular weight is 540 g/mol. The largest absolute Gasteiger partial charge is 0.492 e. The van der Waals surface area contributed by atoms with E-state index in [-0.39, 0.29) is 10.6 Å². The van der Waals surface area contributed by atoms with Crippen LogP contribution >= 0.6 is 0 Å². The quantitative estimate of drug-likeness (QED) is 0.253. The third-order valence-corrected chi connectivity index (χ3v) is 7.07. The van der Waals surface area contributed by atoms with Crippen LogP contribution in [0, 0.1) is 6.92 Å². The Morgan fingerprint density at radius 2 is 1.50 bits per heavy atom. The number of hydrazone groups is 1. The number of nitrogens with one attached hydrogen (secondary N) is 1. The molecule has 3 rings (SSSR count). The van der Waals surface area contributed by atoms with Crippen LogP contribution in [0.4, 0.5) is 5.69 Å². The molecule has 10 heteroatoms. The summed E-state index contributed by atoms with van der Waals surface area (Å²) in [5.41, 5.74) is 4.26. The van der Waals surface area contributed by atoms with Gasteiger partial charge in [-0.15, -0.1) is 0 Å². The third-order valence-electron chi connectivity index (χ3n) is 5.30. The molecule has 0 fully saturated rings. The van der Waals surface area contributed by atoms with E-state index in [2.05, 4.69) is 10.5 Å². The highest BCUT2D eigenvalue weighted by Gasteiger charge is 2.29. The van der Waals surface area contributed by atoms with Gasteiger partial charge in [-0.2, -0.15) is 5.10 Å². The number of hydrogen-bond acceptors (Lipinski definition) is 7. The third kappa shape index (κ3) is 7.25. The Balaban J connectivity index is 1.85. The van der Waals surface area contributed by atoms with Crippen molar-refractivity contribution in [3.8, 4) is 17.2 Å². The molecular formula is C28H33N3O6S. The van der Waals surface area contributed by atoms with Crippen molar-refractivity contribution in [3.05, 3.63) is 77.9 Å². The lowest BCUT2D eigenvalue weighted by molar-refractivity contribution is -0.119. The van der Waals surface area contributed by atoms with E-state index >= 15 is 0 Å². The van der Waals surface area contributed by atoms with Gasteiger partial charge in [0.05, 0.1) is 36.6 Å². The molecular weight excluding hydrogens is 506 g/mol. The van der Waals surface area contributed by atoms with Gasteiger partial charge < -0.3 is 14.2 Å². The molecule has 0 heterocycles. The summed E-state index contributed by atoms with van der Waals surface area (Å²) in [6.07, 6.45) is 1.45. The zero-order valence-electron chi connectivity index (χ0n) is 22.0. The summed E-state index contributed by atoms with van der Waals surface area (Å²) in [5.74, 6) is 0.895. The summed E-state index contributed by atoms with van der Waals surface area (Å²) in [6, 6.07) is 18.4. The van der Waals surface area contributed by atoms with E-state index in [0.29, 0.717) is 42.6 Å². The summed E-state index contributed by atoms with van der Waals surface area (Å²) < 4.78 is 45.1. The van der Waals surface area contributed by atoms with Gasteiger partial charge in [0, 0.05) is 0 Å². The van der Waals surface area contributed by atoms with Gasteiger partial charge in [-0.1, -0.05) is 29.8 Å². The molecule has 0 radical (unpaired) electrons. The number of benzene rings is 3. The lowest BCUT2D eigenvalue weighted by Crippen LogP contribution is -2.39. The van der Waals surface area contributed by atoms with Crippen molar-refractivity contribution >= 4 is 27.8 Å². The van der Waals surface area contributed by atoms with Gasteiger partial charge in [-0.3, -0.25) is 9.10 Å². The highest BCUT2D eigenvalue weighted by molar-refractivity contribution is 7.92. The Hall–Kier alpha value is -4.05. The predicted molar refractivity (Wildman–Crippen MR) is 148 cm³/mol. The second kappa shape index (κ2) is 13.5. The molecule has 9 nitrogen and oxygen atoms in total. The van der Waals surface area contributed by atoms with Crippen LogP contribution in [-0.4, -0.2) is 46.9 Å². The van der Waals surface area contributed by atoms with E-state index in [4.69, 9.17) is 14.2 Å². The van der Waals surface area contributed by atoms with E-state index in [1.54, 1.807) is 61.5 Å². The highest BCUT2D eigenvalue weighted by atomic mass is 32.2. The van der Waals surface area contributed by atoms with Crippen molar-refractivity contribution in [1.82, 2.24) is 5.43 Å². The van der Waals surface area contributed by atoms with Crippen LogP contribution in [0.1, 0.15) is 31.9 Å². The molecule has 38 heavy (non-hydrogen) atoms. The minimum absolute atomic E-state index is 0.0588. The van der Waals surface area contributed by atoms with Gasteiger partial charge in [-0.05, 0) is 75.7 Å². The second-order valence-corrected chi connectivity index (χ2v) is 9.95. The van der Waals surface area contributed by atoms with Gasteiger partial charge in [0.2, 0.25) is 0 Å². The number of rotatable bonds is 13. The van der Waals surface area contributed by atoms with Gasteiger partial charge in [0.1, 0.15) is 12.3 Å². The van der Waals surface area contributed by atoms with Gasteiger partial charge in [0.15, 0.2) is 11.5 Å². The van der Waals surface area contributed by atoms with Gasteiger partial charge in [0.25, 0.3) is 15.9 Å². The number of nitrogens with zero attached hydrogens (tertiary/aromatic N) is 2. The second-order valence-electron chi connectivity index (χ2n) is 8.09. The molecule has 0 aromatic heterocycles. The van der Waals surface area contributed by atoms with Crippen molar-refractivity contribution in [2.24, 2.45) is 5.10 Å². The van der Waals surface area contributed by atoms with E-state index in [1.165, 1.54) is 18.3 Å². The summed E-state index contributed by atoms with van der Waals surface area (Å²) >= 11 is 0. The van der Waals surface area contributed by atoms with Crippen molar-refractivity contribution in [2.75, 3.05) is 30.7 Å². The first kappa shape index (κ1) is 28.5. The van der Waals surface area contributed by atoms with E-state index in [1.807, 2.05) is 20.8 Å². The first-order chi connectivity index (χ1) is 18.3. The predicted octanol–water partition coefficient (Wildman–Crippen LogP) is 4.54. The fourth-order valence-electron chi connectivity index (χ4n) is 3.57. The molecule has 0 aliphatic heterocycles. The van der Waals surface area contributed by atoms with Crippen LogP contribution < -0.4 is 23.9 Å². The van der Waals surface area contributed by atoms with Crippen molar-refractivity contribution in [1.29, 1.82) is 0 Å². The van der Waals surface area contributed by atoms with Crippen molar-refractivity contribution in [2.45, 2.75) is 32.6 Å². The number of aryl methyl sites for hydroxylation is 1. The zero-order valence-corrected chi connectivity index (χ0v) is 22.8. The monoisotopic (exact) mass is 539 g/mol. The maximum atomic E-state index is 13.6. The number of para-hydroxylation sites is 2. The summed E-state index contributed by atoms with van der Waals surface area (Å²) in [7, 11) is -4.10. The van der Waals surface area contributed by atoms with Crippen LogP contribution in [0.25, 0.3) is 0 Å². The Labute approximate surface area is 224 Å². The summed E-state index contributed by atoms with van der Waals surface area (Å²) in [6.45, 7) is 8.21. The Bertz CT molecular complexity index is 1360. The molecule has 1 N–H and O–H groups in total. The minimum Gasteiger partial charge on any atom is -0.492 e. The number of carbonyl (C=O) groups is 1. The molecule has 1 amide bonds. The first-order valence-electron chi connectivity index (χ1n) is 12.3. The molecule has 0 aliphatic rings. The van der Waals surface area contributed by atoms with Crippen LogP contribution in [0.5, 0.6) is 17.2 Å². The number of amides is 1. The molecule has 0 saturated carbocycles. The van der Waals surface area contributed by atoms with Gasteiger partial charge >= 0.3 is 0 Å². The number of anilines is 1. The van der Waals surface area contributed by atoms with E-state index in [9.17, 15) is 13.2 Å². The highest BCUT2D eigenvalue weighted by Crippen LogP contribution is 2.32. The fourth-order valence-corrected chi connectivity index (χ4v) is 5.00. The average Bonchev–Trinajstić information content (AvgIpc) is 2.90. The zero-order chi connectivity index (χ0) is 27.5. The molecule has 3 aromatic carbocycles. The lowest BCUT2D eigenvalue weighted by Gasteiger charge is -2.25. The maximum absolute atomic E-state index is 13.6. The van der Waals surface area contributed by atoms with Crippen molar-refractivity contribution < 1.29 is 27.4 Å². The minimum atomic E-state index is -4.10. The number of sulfonamides is 1. The SMILES string of the molecule is CCOc1ccc(/C=N\NC(=O)CN(c2ccccc2OCC)S(=O)(=O)c2ccc(C)cc2)cc1OCC. The number of ether oxygens (including phenoxy) is 3. The molecule has 202 valence electrons. The molecule has 0 atom stereocenters. The number of carbonyl (C=O) groups excluding carboxylic acids is 1. The number of hydrogen-bond donors (Lipinski definition) is 1. The normalized spacial score (nSPS) is 11.3. The van der Waals surface area contributed by atoms with Crippen LogP contribution in [-0.2, 0) is 14.8 Å². The Morgan fingerprint density at radius 3 is 2.18 bits per heavy atom. The summed E-state index contributed by atoms with van der Waals surface area (Å²) in [5, 5.41) is 4.02. The molecule has 3 aromatic rings. The fraction of sp³-hybridized carbons (Fsp3) is 0.286. The molecule has 0 aliphatic carbocycles.